The number of rotatable bonds is 1. The normalized spacial score (nSPS) is 51.8. The summed E-state index contributed by atoms with van der Waals surface area (Å²) in [7, 11) is 0. The van der Waals surface area contributed by atoms with Crippen LogP contribution in [-0.4, -0.2) is 68.9 Å². The average Bonchev–Trinajstić information content (AvgIpc) is 2.50. The van der Waals surface area contributed by atoms with Crippen LogP contribution in [0.4, 0.5) is 0 Å². The van der Waals surface area contributed by atoms with Crippen molar-refractivity contribution in [3.63, 3.8) is 0 Å². The molecule has 2 aliphatic heterocycles. The first kappa shape index (κ1) is 11.3. The van der Waals surface area contributed by atoms with Crippen molar-refractivity contribution in [2.24, 2.45) is 5.92 Å². The van der Waals surface area contributed by atoms with Crippen LogP contribution in [0.3, 0.4) is 0 Å². The van der Waals surface area contributed by atoms with Gasteiger partial charge in [0.05, 0.1) is 24.4 Å². The van der Waals surface area contributed by atoms with Gasteiger partial charge < -0.3 is 20.4 Å². The highest BCUT2D eigenvalue weighted by Crippen LogP contribution is 2.34. The molecule has 5 nitrogen and oxygen atoms in total. The molecule has 2 saturated heterocycles. The molecule has 15 heavy (non-hydrogen) atoms. The third kappa shape index (κ3) is 1.68. The zero-order chi connectivity index (χ0) is 11.2. The smallest absolute Gasteiger partial charge is 0.0991 e. The minimum Gasteiger partial charge on any atom is -0.396 e. The van der Waals surface area contributed by atoms with E-state index >= 15 is 0 Å². The topological polar surface area (TPSA) is 84.2 Å². The maximum Gasteiger partial charge on any atom is 0.0991 e. The molecule has 2 rings (SSSR count). The summed E-state index contributed by atoms with van der Waals surface area (Å²) in [6, 6.07) is -0.284. The molecular formula is C10H19NO4. The number of nitrogens with zero attached hydrogens (tertiary/aromatic N) is 1. The SMILES string of the molecule is CC1C(CO)C[C@@H](O)[C@@H]2[C@H](O)[C@H](O)CN12. The zero-order valence-corrected chi connectivity index (χ0v) is 8.82. The van der Waals surface area contributed by atoms with Gasteiger partial charge in [-0.3, -0.25) is 4.90 Å². The lowest BCUT2D eigenvalue weighted by Crippen LogP contribution is -2.56. The molecule has 6 atom stereocenters. The maximum atomic E-state index is 9.86. The Morgan fingerprint density at radius 1 is 1.20 bits per heavy atom. The predicted molar refractivity (Wildman–Crippen MR) is 53.2 cm³/mol. The third-order valence-electron chi connectivity index (χ3n) is 3.90. The van der Waals surface area contributed by atoms with Crippen molar-refractivity contribution in [3.8, 4) is 0 Å². The molecule has 0 bridgehead atoms. The second-order valence-corrected chi connectivity index (χ2v) is 4.73. The molecule has 0 radical (unpaired) electrons. The highest BCUT2D eigenvalue weighted by Gasteiger charge is 2.50. The van der Waals surface area contributed by atoms with Gasteiger partial charge in [0.1, 0.15) is 0 Å². The fourth-order valence-electron chi connectivity index (χ4n) is 2.90. The molecule has 0 aliphatic carbocycles. The molecule has 2 aliphatic rings. The lowest BCUT2D eigenvalue weighted by atomic mass is 9.85. The summed E-state index contributed by atoms with van der Waals surface area (Å²) in [6.07, 6.45) is -1.83. The minimum absolute atomic E-state index is 0.0220. The van der Waals surface area contributed by atoms with E-state index < -0.39 is 18.3 Å². The van der Waals surface area contributed by atoms with Crippen LogP contribution in [0.1, 0.15) is 13.3 Å². The zero-order valence-electron chi connectivity index (χ0n) is 8.82. The molecule has 0 saturated carbocycles. The first-order valence-electron chi connectivity index (χ1n) is 5.47. The van der Waals surface area contributed by atoms with Crippen LogP contribution >= 0.6 is 0 Å². The second-order valence-electron chi connectivity index (χ2n) is 4.73. The highest BCUT2D eigenvalue weighted by atomic mass is 16.3. The van der Waals surface area contributed by atoms with Gasteiger partial charge in [-0.2, -0.15) is 0 Å². The summed E-state index contributed by atoms with van der Waals surface area (Å²) in [5, 5.41) is 38.3. The van der Waals surface area contributed by atoms with Crippen LogP contribution in [0.5, 0.6) is 0 Å². The van der Waals surface area contributed by atoms with Crippen molar-refractivity contribution in [1.29, 1.82) is 0 Å². The Hall–Kier alpha value is -0.200. The molecule has 0 spiro atoms. The molecule has 2 unspecified atom stereocenters. The van der Waals surface area contributed by atoms with E-state index in [-0.39, 0.29) is 24.6 Å². The molecule has 0 amide bonds. The molecule has 4 N–H and O–H groups in total. The van der Waals surface area contributed by atoms with Gasteiger partial charge >= 0.3 is 0 Å². The fourth-order valence-corrected chi connectivity index (χ4v) is 2.90. The van der Waals surface area contributed by atoms with Gasteiger partial charge in [-0.25, -0.2) is 0 Å². The van der Waals surface area contributed by atoms with Crippen molar-refractivity contribution in [2.75, 3.05) is 13.2 Å². The van der Waals surface area contributed by atoms with E-state index in [1.54, 1.807) is 0 Å². The second kappa shape index (κ2) is 3.99. The van der Waals surface area contributed by atoms with Crippen molar-refractivity contribution in [3.05, 3.63) is 0 Å². The Balaban J connectivity index is 2.18. The van der Waals surface area contributed by atoms with E-state index in [2.05, 4.69) is 0 Å². The van der Waals surface area contributed by atoms with Gasteiger partial charge in [0.25, 0.3) is 0 Å². The van der Waals surface area contributed by atoms with Crippen molar-refractivity contribution in [1.82, 2.24) is 4.90 Å². The summed E-state index contributed by atoms with van der Waals surface area (Å²) >= 11 is 0. The first-order valence-corrected chi connectivity index (χ1v) is 5.47. The lowest BCUT2D eigenvalue weighted by molar-refractivity contribution is -0.0714. The molecule has 88 valence electrons. The number of hydrogen-bond donors (Lipinski definition) is 4. The van der Waals surface area contributed by atoms with Crippen molar-refractivity contribution in [2.45, 2.75) is 43.7 Å². The Morgan fingerprint density at radius 2 is 1.87 bits per heavy atom. The van der Waals surface area contributed by atoms with Crippen LogP contribution in [0.2, 0.25) is 0 Å². The molecule has 0 aromatic heterocycles. The van der Waals surface area contributed by atoms with Crippen LogP contribution in [0, 0.1) is 5.92 Å². The number of aliphatic hydroxyl groups excluding tert-OH is 4. The molecule has 2 fully saturated rings. The maximum absolute atomic E-state index is 9.86. The summed E-state index contributed by atoms with van der Waals surface area (Å²) in [4.78, 5) is 1.91. The fraction of sp³-hybridized carbons (Fsp3) is 1.00. The minimum atomic E-state index is -0.873. The summed E-state index contributed by atoms with van der Waals surface area (Å²) in [6.45, 7) is 2.37. The standard InChI is InChI=1S/C10H19NO4/c1-5-6(4-12)2-7(13)9-10(15)8(14)3-11(5)9/h5-10,12-15H,2-4H2,1H3/t5?,6?,7-,8-,9-,10-/m1/s1. The number of piperidine rings is 1. The van der Waals surface area contributed by atoms with Gasteiger partial charge in [0, 0.05) is 19.2 Å². The molecule has 2 heterocycles. The van der Waals surface area contributed by atoms with Crippen LogP contribution in [0.15, 0.2) is 0 Å². The monoisotopic (exact) mass is 217 g/mol. The van der Waals surface area contributed by atoms with Gasteiger partial charge in [0.15, 0.2) is 0 Å². The van der Waals surface area contributed by atoms with E-state index in [9.17, 15) is 15.3 Å². The summed E-state index contributed by atoms with van der Waals surface area (Å²) in [5.74, 6) is 0.0220. The third-order valence-corrected chi connectivity index (χ3v) is 3.90. The lowest BCUT2D eigenvalue weighted by Gasteiger charge is -2.43. The molecular weight excluding hydrogens is 198 g/mol. The Morgan fingerprint density at radius 3 is 2.47 bits per heavy atom. The van der Waals surface area contributed by atoms with Crippen molar-refractivity contribution >= 4 is 0 Å². The van der Waals surface area contributed by atoms with E-state index in [1.165, 1.54) is 0 Å². The van der Waals surface area contributed by atoms with E-state index in [1.807, 2.05) is 11.8 Å². The number of hydrogen-bond acceptors (Lipinski definition) is 5. The van der Waals surface area contributed by atoms with Gasteiger partial charge in [-0.05, 0) is 19.3 Å². The number of aliphatic hydroxyl groups is 4. The van der Waals surface area contributed by atoms with Gasteiger partial charge in [-0.1, -0.05) is 0 Å². The molecule has 5 heteroatoms. The van der Waals surface area contributed by atoms with Crippen LogP contribution in [-0.2, 0) is 0 Å². The Kier molecular flexibility index (Phi) is 3.00. The largest absolute Gasteiger partial charge is 0.396 e. The highest BCUT2D eigenvalue weighted by molar-refractivity contribution is 5.03. The Labute approximate surface area is 88.9 Å². The van der Waals surface area contributed by atoms with Crippen molar-refractivity contribution < 1.29 is 20.4 Å². The summed E-state index contributed by atoms with van der Waals surface area (Å²) in [5.41, 5.74) is 0. The van der Waals surface area contributed by atoms with Gasteiger partial charge in [-0.15, -0.1) is 0 Å². The van der Waals surface area contributed by atoms with Gasteiger partial charge in [0.2, 0.25) is 0 Å². The quantitative estimate of drug-likeness (QED) is 0.414. The van der Waals surface area contributed by atoms with E-state index in [0.29, 0.717) is 13.0 Å². The average molecular weight is 217 g/mol. The first-order chi connectivity index (χ1) is 7.06. The Bertz CT molecular complexity index is 237. The molecule has 0 aromatic rings. The molecule has 0 aromatic carbocycles. The van der Waals surface area contributed by atoms with E-state index in [4.69, 9.17) is 5.11 Å². The van der Waals surface area contributed by atoms with Crippen LogP contribution < -0.4 is 0 Å². The van der Waals surface area contributed by atoms with E-state index in [0.717, 1.165) is 0 Å². The van der Waals surface area contributed by atoms with Crippen LogP contribution in [0.25, 0.3) is 0 Å². The predicted octanol–water partition coefficient (Wildman–Crippen LogP) is -1.85. The summed E-state index contributed by atoms with van der Waals surface area (Å²) < 4.78 is 0. The number of fused-ring (bicyclic) bond motifs is 1.